The van der Waals surface area contributed by atoms with E-state index in [1.165, 1.54) is 0 Å². The van der Waals surface area contributed by atoms with E-state index in [-0.39, 0.29) is 24.4 Å². The van der Waals surface area contributed by atoms with Crippen LogP contribution in [0.5, 0.6) is 0 Å². The van der Waals surface area contributed by atoms with Gasteiger partial charge in [-0.3, -0.25) is 9.59 Å². The van der Waals surface area contributed by atoms with Gasteiger partial charge in [-0.25, -0.2) is 4.98 Å². The number of hydrogen-bond donors (Lipinski definition) is 0. The smallest absolute Gasteiger partial charge is 0.246 e. The second-order valence-electron chi connectivity index (χ2n) is 5.55. The predicted octanol–water partition coefficient (Wildman–Crippen LogP) is 1.09. The van der Waals surface area contributed by atoms with Gasteiger partial charge >= 0.3 is 0 Å². The summed E-state index contributed by atoms with van der Waals surface area (Å²) in [5.41, 5.74) is 0. The summed E-state index contributed by atoms with van der Waals surface area (Å²) in [5.74, 6) is 1.26. The average molecular weight is 277 g/mol. The molecule has 0 aliphatic carbocycles. The maximum atomic E-state index is 12.6. The minimum atomic E-state index is -0.441. The molecule has 1 aromatic heterocycles. The van der Waals surface area contributed by atoms with E-state index in [4.69, 9.17) is 4.42 Å². The van der Waals surface area contributed by atoms with Crippen molar-refractivity contribution >= 4 is 11.8 Å². The molecule has 3 heterocycles. The second-order valence-corrected chi connectivity index (χ2v) is 5.55. The van der Waals surface area contributed by atoms with Gasteiger partial charge in [0.25, 0.3) is 0 Å². The fourth-order valence-electron chi connectivity index (χ4n) is 3.04. The molecular weight excluding hydrogens is 258 g/mol. The van der Waals surface area contributed by atoms with Crippen molar-refractivity contribution in [2.24, 2.45) is 0 Å². The number of nitrogens with zero attached hydrogens (tertiary/aromatic N) is 3. The molecule has 0 bridgehead atoms. The molecule has 2 fully saturated rings. The zero-order valence-electron chi connectivity index (χ0n) is 11.8. The van der Waals surface area contributed by atoms with E-state index in [1.54, 1.807) is 22.9 Å². The average Bonchev–Trinajstić information content (AvgIpc) is 2.86. The topological polar surface area (TPSA) is 66.7 Å². The maximum absolute atomic E-state index is 12.6. The van der Waals surface area contributed by atoms with E-state index in [0.29, 0.717) is 18.2 Å². The highest BCUT2D eigenvalue weighted by Gasteiger charge is 2.44. The molecule has 2 amide bonds. The molecule has 0 spiro atoms. The van der Waals surface area contributed by atoms with Crippen molar-refractivity contribution in [1.29, 1.82) is 0 Å². The van der Waals surface area contributed by atoms with Crippen LogP contribution in [0, 0.1) is 6.92 Å². The van der Waals surface area contributed by atoms with Crippen molar-refractivity contribution in [3.8, 4) is 0 Å². The first-order chi connectivity index (χ1) is 9.58. The Labute approximate surface area is 117 Å². The molecule has 2 aliphatic rings. The number of amides is 2. The zero-order chi connectivity index (χ0) is 14.3. The predicted molar refractivity (Wildman–Crippen MR) is 70.6 cm³/mol. The van der Waals surface area contributed by atoms with Gasteiger partial charge in [-0.15, -0.1) is 0 Å². The molecule has 2 aliphatic heterocycles. The molecule has 6 nitrogen and oxygen atoms in total. The van der Waals surface area contributed by atoms with Gasteiger partial charge in [0.1, 0.15) is 17.8 Å². The summed E-state index contributed by atoms with van der Waals surface area (Å²) in [5, 5.41) is 0. The lowest BCUT2D eigenvalue weighted by molar-refractivity contribution is -0.163. The Morgan fingerprint density at radius 1 is 1.35 bits per heavy atom. The van der Waals surface area contributed by atoms with Crippen LogP contribution in [-0.4, -0.2) is 45.2 Å². The largest absolute Gasteiger partial charge is 0.444 e. The number of hydrogen-bond acceptors (Lipinski definition) is 4. The van der Waals surface area contributed by atoms with Crippen molar-refractivity contribution in [1.82, 2.24) is 14.8 Å². The standard InChI is InChI=1S/C14H19N3O3/c1-9-7-15-12(20-9)8-17-10(2)13(18)16-6-4-3-5-11(16)14(17)19/h7,10-11H,3-6,8H2,1-2H3. The fourth-order valence-corrected chi connectivity index (χ4v) is 3.04. The molecule has 1 aromatic rings. The van der Waals surface area contributed by atoms with E-state index >= 15 is 0 Å². The summed E-state index contributed by atoms with van der Waals surface area (Å²) in [4.78, 5) is 32.4. The number of oxazole rings is 1. The Hall–Kier alpha value is -1.85. The van der Waals surface area contributed by atoms with E-state index in [9.17, 15) is 9.59 Å². The van der Waals surface area contributed by atoms with Crippen molar-refractivity contribution in [2.75, 3.05) is 6.54 Å². The molecule has 2 saturated heterocycles. The number of piperazine rings is 1. The SMILES string of the molecule is Cc1cnc(CN2C(=O)C3CCCCN3C(=O)C2C)o1. The van der Waals surface area contributed by atoms with Gasteiger partial charge in [0.2, 0.25) is 17.7 Å². The number of carbonyl (C=O) groups excluding carboxylic acids is 2. The minimum absolute atomic E-state index is 0.0210. The van der Waals surface area contributed by atoms with E-state index in [1.807, 2.05) is 6.92 Å². The van der Waals surface area contributed by atoms with Crippen LogP contribution < -0.4 is 0 Å². The van der Waals surface area contributed by atoms with Crippen LogP contribution in [0.15, 0.2) is 10.6 Å². The molecule has 20 heavy (non-hydrogen) atoms. The van der Waals surface area contributed by atoms with Gasteiger partial charge in [0.15, 0.2) is 0 Å². The van der Waals surface area contributed by atoms with Crippen LogP contribution in [0.3, 0.4) is 0 Å². The lowest BCUT2D eigenvalue weighted by Gasteiger charge is -2.45. The quantitative estimate of drug-likeness (QED) is 0.811. The molecule has 3 rings (SSSR count). The Bertz CT molecular complexity index is 540. The van der Waals surface area contributed by atoms with Crippen molar-refractivity contribution in [2.45, 2.75) is 51.7 Å². The summed E-state index contributed by atoms with van der Waals surface area (Å²) in [7, 11) is 0. The first-order valence-corrected chi connectivity index (χ1v) is 7.10. The van der Waals surface area contributed by atoms with Crippen molar-refractivity contribution < 1.29 is 14.0 Å². The van der Waals surface area contributed by atoms with Crippen LogP contribution in [0.25, 0.3) is 0 Å². The van der Waals surface area contributed by atoms with Crippen LogP contribution in [0.2, 0.25) is 0 Å². The zero-order valence-corrected chi connectivity index (χ0v) is 11.8. The van der Waals surface area contributed by atoms with Crippen LogP contribution in [-0.2, 0) is 16.1 Å². The van der Waals surface area contributed by atoms with Gasteiger partial charge in [0.05, 0.1) is 12.7 Å². The van der Waals surface area contributed by atoms with Crippen LogP contribution in [0.1, 0.15) is 37.8 Å². The highest BCUT2D eigenvalue weighted by Crippen LogP contribution is 2.27. The number of rotatable bonds is 2. The summed E-state index contributed by atoms with van der Waals surface area (Å²) < 4.78 is 5.42. The summed E-state index contributed by atoms with van der Waals surface area (Å²) in [6.07, 6.45) is 4.38. The van der Waals surface area contributed by atoms with Gasteiger partial charge in [-0.1, -0.05) is 0 Å². The number of piperidine rings is 1. The first-order valence-electron chi connectivity index (χ1n) is 7.10. The van der Waals surface area contributed by atoms with Crippen molar-refractivity contribution in [3.63, 3.8) is 0 Å². The van der Waals surface area contributed by atoms with Crippen LogP contribution in [0.4, 0.5) is 0 Å². The Balaban J connectivity index is 1.83. The third kappa shape index (κ3) is 2.09. The van der Waals surface area contributed by atoms with Gasteiger partial charge in [0, 0.05) is 6.54 Å². The molecular formula is C14H19N3O3. The molecule has 108 valence electrons. The van der Waals surface area contributed by atoms with Crippen LogP contribution >= 0.6 is 0 Å². The monoisotopic (exact) mass is 277 g/mol. The normalized spacial score (nSPS) is 26.9. The summed E-state index contributed by atoms with van der Waals surface area (Å²) in [6, 6.07) is -0.729. The fraction of sp³-hybridized carbons (Fsp3) is 0.643. The van der Waals surface area contributed by atoms with E-state index in [0.717, 1.165) is 19.3 Å². The van der Waals surface area contributed by atoms with Crippen molar-refractivity contribution in [3.05, 3.63) is 17.8 Å². The molecule has 0 radical (unpaired) electrons. The number of aromatic nitrogens is 1. The number of carbonyl (C=O) groups is 2. The molecule has 0 saturated carbocycles. The Morgan fingerprint density at radius 3 is 2.85 bits per heavy atom. The highest BCUT2D eigenvalue weighted by atomic mass is 16.4. The highest BCUT2D eigenvalue weighted by molar-refractivity contribution is 5.96. The second kappa shape index (κ2) is 4.92. The van der Waals surface area contributed by atoms with Gasteiger partial charge < -0.3 is 14.2 Å². The third-order valence-electron chi connectivity index (χ3n) is 4.15. The lowest BCUT2D eigenvalue weighted by atomic mass is 9.96. The third-order valence-corrected chi connectivity index (χ3v) is 4.15. The maximum Gasteiger partial charge on any atom is 0.246 e. The Morgan fingerprint density at radius 2 is 2.15 bits per heavy atom. The van der Waals surface area contributed by atoms with Gasteiger partial charge in [-0.05, 0) is 33.1 Å². The van der Waals surface area contributed by atoms with E-state index in [2.05, 4.69) is 4.98 Å². The summed E-state index contributed by atoms with van der Waals surface area (Å²) >= 11 is 0. The molecule has 0 N–H and O–H groups in total. The molecule has 2 unspecified atom stereocenters. The Kier molecular flexibility index (Phi) is 3.23. The van der Waals surface area contributed by atoms with Gasteiger partial charge in [-0.2, -0.15) is 0 Å². The van der Waals surface area contributed by atoms with E-state index < -0.39 is 6.04 Å². The molecule has 2 atom stereocenters. The number of aryl methyl sites for hydroxylation is 1. The first kappa shape index (κ1) is 13.1. The minimum Gasteiger partial charge on any atom is -0.444 e. The number of fused-ring (bicyclic) bond motifs is 1. The molecule has 0 aromatic carbocycles. The summed E-state index contributed by atoms with van der Waals surface area (Å²) in [6.45, 7) is 4.56. The lowest BCUT2D eigenvalue weighted by Crippen LogP contribution is -2.64. The molecule has 6 heteroatoms.